The van der Waals surface area contributed by atoms with Crippen molar-refractivity contribution >= 4 is 5.91 Å². The normalized spacial score (nSPS) is 18.4. The molecule has 0 aromatic carbocycles. The van der Waals surface area contributed by atoms with Gasteiger partial charge in [0.25, 0.3) is 0 Å². The molecule has 6 heteroatoms. The number of hydrogen-bond donors (Lipinski definition) is 0. The number of hydrogen-bond acceptors (Lipinski definition) is 4. The van der Waals surface area contributed by atoms with E-state index in [0.29, 0.717) is 6.42 Å². The van der Waals surface area contributed by atoms with Crippen molar-refractivity contribution in [1.29, 1.82) is 0 Å². The summed E-state index contributed by atoms with van der Waals surface area (Å²) in [5.41, 5.74) is 1.96. The zero-order valence-electron chi connectivity index (χ0n) is 12.5. The first-order valence-corrected chi connectivity index (χ1v) is 7.33. The molecule has 3 rings (SSSR count). The Balaban J connectivity index is 1.63. The highest BCUT2D eigenvalue weighted by atomic mass is 16.5. The smallest absolute Gasteiger partial charge is 0.223 e. The van der Waals surface area contributed by atoms with Crippen LogP contribution in [-0.4, -0.2) is 32.3 Å². The first kappa shape index (κ1) is 13.9. The first-order valence-electron chi connectivity index (χ1n) is 7.33. The summed E-state index contributed by atoms with van der Waals surface area (Å²) < 4.78 is 7.10. The minimum absolute atomic E-state index is 0.0487. The van der Waals surface area contributed by atoms with Crippen LogP contribution in [0.1, 0.15) is 42.3 Å². The van der Waals surface area contributed by atoms with Crippen molar-refractivity contribution in [2.45, 2.75) is 38.6 Å². The van der Waals surface area contributed by atoms with Gasteiger partial charge in [0.05, 0.1) is 17.9 Å². The zero-order chi connectivity index (χ0) is 14.8. The third-order valence-electron chi connectivity index (χ3n) is 3.93. The largest absolute Gasteiger partial charge is 0.359 e. The van der Waals surface area contributed by atoms with E-state index in [0.717, 1.165) is 42.8 Å². The van der Waals surface area contributed by atoms with Gasteiger partial charge in [0.15, 0.2) is 5.76 Å². The van der Waals surface area contributed by atoms with Crippen LogP contribution in [0, 0.1) is 6.92 Å². The van der Waals surface area contributed by atoms with E-state index < -0.39 is 0 Å². The number of aryl methyl sites for hydroxylation is 3. The molecule has 1 fully saturated rings. The van der Waals surface area contributed by atoms with Gasteiger partial charge in [-0.25, -0.2) is 0 Å². The number of carbonyl (C=O) groups excluding carboxylic acids is 1. The van der Waals surface area contributed by atoms with Crippen LogP contribution < -0.4 is 0 Å². The molecule has 0 aliphatic carbocycles. The number of nitrogens with zero attached hydrogens (tertiary/aromatic N) is 4. The maximum Gasteiger partial charge on any atom is 0.223 e. The van der Waals surface area contributed by atoms with Crippen LogP contribution in [-0.2, 0) is 18.3 Å². The molecule has 1 aliphatic rings. The van der Waals surface area contributed by atoms with Gasteiger partial charge in [0, 0.05) is 32.3 Å². The van der Waals surface area contributed by atoms with Crippen LogP contribution in [0.3, 0.4) is 0 Å². The quantitative estimate of drug-likeness (QED) is 0.863. The average molecular weight is 288 g/mol. The zero-order valence-corrected chi connectivity index (χ0v) is 12.5. The highest BCUT2D eigenvalue weighted by molar-refractivity contribution is 5.77. The van der Waals surface area contributed by atoms with E-state index in [2.05, 4.69) is 10.3 Å². The summed E-state index contributed by atoms with van der Waals surface area (Å²) in [4.78, 5) is 14.4. The Hall–Kier alpha value is -2.11. The summed E-state index contributed by atoms with van der Waals surface area (Å²) >= 11 is 0. The minimum atomic E-state index is 0.0487. The molecule has 0 bridgehead atoms. The number of aromatic nitrogens is 3. The molecule has 6 nitrogen and oxygen atoms in total. The fourth-order valence-electron chi connectivity index (χ4n) is 2.90. The van der Waals surface area contributed by atoms with Crippen molar-refractivity contribution in [3.05, 3.63) is 35.5 Å². The van der Waals surface area contributed by atoms with Gasteiger partial charge in [0.1, 0.15) is 0 Å². The van der Waals surface area contributed by atoms with E-state index in [1.807, 2.05) is 37.3 Å². The van der Waals surface area contributed by atoms with Gasteiger partial charge < -0.3 is 9.42 Å². The predicted octanol–water partition coefficient (Wildman–Crippen LogP) is 2.01. The predicted molar refractivity (Wildman–Crippen MR) is 76.5 cm³/mol. The lowest BCUT2D eigenvalue weighted by molar-refractivity contribution is -0.132. The summed E-state index contributed by atoms with van der Waals surface area (Å²) in [5.74, 6) is 0.982. The van der Waals surface area contributed by atoms with Crippen molar-refractivity contribution in [3.63, 3.8) is 0 Å². The van der Waals surface area contributed by atoms with Crippen LogP contribution >= 0.6 is 0 Å². The van der Waals surface area contributed by atoms with Gasteiger partial charge in [-0.1, -0.05) is 5.16 Å². The molecule has 2 aromatic heterocycles. The summed E-state index contributed by atoms with van der Waals surface area (Å²) in [6.07, 6.45) is 6.97. The second-order valence-corrected chi connectivity index (χ2v) is 5.64. The van der Waals surface area contributed by atoms with Gasteiger partial charge in [-0.2, -0.15) is 5.10 Å². The van der Waals surface area contributed by atoms with Crippen LogP contribution in [0.2, 0.25) is 0 Å². The van der Waals surface area contributed by atoms with E-state index in [9.17, 15) is 4.79 Å². The summed E-state index contributed by atoms with van der Waals surface area (Å²) in [6.45, 7) is 2.70. The van der Waals surface area contributed by atoms with E-state index in [1.54, 1.807) is 4.68 Å². The molecule has 0 radical (unpaired) electrons. The number of carbonyl (C=O) groups is 1. The molecule has 0 spiro atoms. The van der Waals surface area contributed by atoms with Gasteiger partial charge in [-0.3, -0.25) is 9.48 Å². The summed E-state index contributed by atoms with van der Waals surface area (Å²) in [6, 6.07) is 1.98. The molecule has 0 N–H and O–H groups in total. The van der Waals surface area contributed by atoms with E-state index in [1.165, 1.54) is 0 Å². The molecule has 1 atom stereocenters. The number of rotatable bonds is 4. The first-order chi connectivity index (χ1) is 10.1. The molecular formula is C15H20N4O2. The molecule has 1 aliphatic heterocycles. The third-order valence-corrected chi connectivity index (χ3v) is 3.93. The van der Waals surface area contributed by atoms with Gasteiger partial charge in [-0.15, -0.1) is 0 Å². The Morgan fingerprint density at radius 3 is 3.05 bits per heavy atom. The monoisotopic (exact) mass is 288 g/mol. The fraction of sp³-hybridized carbons (Fsp3) is 0.533. The summed E-state index contributed by atoms with van der Waals surface area (Å²) in [5, 5.41) is 8.05. The highest BCUT2D eigenvalue weighted by Crippen LogP contribution is 2.32. The van der Waals surface area contributed by atoms with Crippen LogP contribution in [0.4, 0.5) is 0 Å². The van der Waals surface area contributed by atoms with Crippen molar-refractivity contribution in [1.82, 2.24) is 19.8 Å². The van der Waals surface area contributed by atoms with Gasteiger partial charge in [0.2, 0.25) is 5.91 Å². The van der Waals surface area contributed by atoms with Crippen molar-refractivity contribution in [3.8, 4) is 0 Å². The number of amides is 1. The lowest BCUT2D eigenvalue weighted by Gasteiger charge is -2.22. The second-order valence-electron chi connectivity index (χ2n) is 5.64. The fourth-order valence-corrected chi connectivity index (χ4v) is 2.90. The van der Waals surface area contributed by atoms with E-state index >= 15 is 0 Å². The molecule has 0 saturated carbocycles. The Morgan fingerprint density at radius 2 is 2.38 bits per heavy atom. The maximum atomic E-state index is 12.5. The van der Waals surface area contributed by atoms with Crippen LogP contribution in [0.25, 0.3) is 0 Å². The Labute approximate surface area is 123 Å². The molecule has 112 valence electrons. The Morgan fingerprint density at radius 1 is 1.52 bits per heavy atom. The third kappa shape index (κ3) is 2.99. The average Bonchev–Trinajstić information content (AvgIpc) is 3.16. The van der Waals surface area contributed by atoms with Crippen LogP contribution in [0.15, 0.2) is 23.0 Å². The minimum Gasteiger partial charge on any atom is -0.359 e. The van der Waals surface area contributed by atoms with E-state index in [-0.39, 0.29) is 11.9 Å². The SMILES string of the molecule is Cc1cc([C@H]2CCCN2C(=O)CCc2cnn(C)c2)on1. The Bertz CT molecular complexity index is 631. The molecule has 0 unspecified atom stereocenters. The maximum absolute atomic E-state index is 12.5. The molecule has 1 saturated heterocycles. The van der Waals surface area contributed by atoms with E-state index in [4.69, 9.17) is 4.52 Å². The topological polar surface area (TPSA) is 64.2 Å². The van der Waals surface area contributed by atoms with Crippen molar-refractivity contribution < 1.29 is 9.32 Å². The molecule has 1 amide bonds. The Kier molecular flexibility index (Phi) is 3.77. The summed E-state index contributed by atoms with van der Waals surface area (Å²) in [7, 11) is 1.88. The van der Waals surface area contributed by atoms with Crippen molar-refractivity contribution in [2.75, 3.05) is 6.54 Å². The van der Waals surface area contributed by atoms with Crippen molar-refractivity contribution in [2.24, 2.45) is 7.05 Å². The number of likely N-dealkylation sites (tertiary alicyclic amines) is 1. The second kappa shape index (κ2) is 5.71. The standard InChI is InChI=1S/C15H20N4O2/c1-11-8-14(21-17-11)13-4-3-7-19(13)15(20)6-5-12-9-16-18(2)10-12/h8-10,13H,3-7H2,1-2H3/t13-/m1/s1. The van der Waals surface area contributed by atoms with Gasteiger partial charge in [-0.05, 0) is 31.7 Å². The van der Waals surface area contributed by atoms with Gasteiger partial charge >= 0.3 is 0 Å². The molecular weight excluding hydrogens is 268 g/mol. The lowest BCUT2D eigenvalue weighted by atomic mass is 10.1. The van der Waals surface area contributed by atoms with Crippen LogP contribution in [0.5, 0.6) is 0 Å². The lowest BCUT2D eigenvalue weighted by Crippen LogP contribution is -2.30. The highest BCUT2D eigenvalue weighted by Gasteiger charge is 2.32. The molecule has 3 heterocycles. The molecule has 21 heavy (non-hydrogen) atoms. The molecule has 2 aromatic rings.